The van der Waals surface area contributed by atoms with Crippen LogP contribution < -0.4 is 5.32 Å². The maximum absolute atomic E-state index is 8.74. The first kappa shape index (κ1) is 7.92. The van der Waals surface area contributed by atoms with Gasteiger partial charge in [0.15, 0.2) is 0 Å². The minimum atomic E-state index is -0.370. The summed E-state index contributed by atoms with van der Waals surface area (Å²) in [6, 6.07) is 0.426. The SMILES string of the molecule is CC[C@@H](C)NC(C)O. The smallest absolute Gasteiger partial charge is 0.102 e. The van der Waals surface area contributed by atoms with Crippen LogP contribution in [0.15, 0.2) is 0 Å². The molecule has 2 N–H and O–H groups in total. The van der Waals surface area contributed by atoms with Gasteiger partial charge in [0, 0.05) is 6.04 Å². The van der Waals surface area contributed by atoms with Crippen molar-refractivity contribution in [2.75, 3.05) is 0 Å². The summed E-state index contributed by atoms with van der Waals surface area (Å²) >= 11 is 0. The summed E-state index contributed by atoms with van der Waals surface area (Å²) in [5.74, 6) is 0. The molecule has 0 saturated carbocycles. The lowest BCUT2D eigenvalue weighted by Gasteiger charge is -2.12. The van der Waals surface area contributed by atoms with Gasteiger partial charge in [-0.05, 0) is 20.3 Å². The maximum Gasteiger partial charge on any atom is 0.102 e. The van der Waals surface area contributed by atoms with Crippen LogP contribution in [0, 0.1) is 0 Å². The molecule has 0 bridgehead atoms. The van der Waals surface area contributed by atoms with E-state index in [9.17, 15) is 0 Å². The van der Waals surface area contributed by atoms with Crippen molar-refractivity contribution >= 4 is 0 Å². The van der Waals surface area contributed by atoms with Gasteiger partial charge < -0.3 is 5.11 Å². The van der Waals surface area contributed by atoms with Crippen molar-refractivity contribution in [3.8, 4) is 0 Å². The number of hydrogen-bond acceptors (Lipinski definition) is 2. The van der Waals surface area contributed by atoms with Crippen LogP contribution >= 0.6 is 0 Å². The second kappa shape index (κ2) is 3.87. The molecular formula is C6H15NO. The molecule has 0 aromatic rings. The summed E-state index contributed by atoms with van der Waals surface area (Å²) in [5.41, 5.74) is 0. The molecule has 0 radical (unpaired) electrons. The molecule has 2 atom stereocenters. The Balaban J connectivity index is 3.10. The summed E-state index contributed by atoms with van der Waals surface area (Å²) in [6.45, 7) is 5.86. The van der Waals surface area contributed by atoms with Crippen LogP contribution in [0.25, 0.3) is 0 Å². The summed E-state index contributed by atoms with van der Waals surface area (Å²) in [7, 11) is 0. The number of nitrogens with one attached hydrogen (secondary N) is 1. The van der Waals surface area contributed by atoms with E-state index in [-0.39, 0.29) is 6.23 Å². The first-order valence-corrected chi connectivity index (χ1v) is 3.11. The molecule has 50 valence electrons. The number of hydrogen-bond donors (Lipinski definition) is 2. The third-order valence-electron chi connectivity index (χ3n) is 1.14. The Morgan fingerprint density at radius 3 is 2.12 bits per heavy atom. The molecule has 0 aromatic carbocycles. The average molecular weight is 117 g/mol. The molecule has 0 spiro atoms. The average Bonchev–Trinajstić information content (AvgIpc) is 1.65. The first-order valence-electron chi connectivity index (χ1n) is 3.11. The van der Waals surface area contributed by atoms with Gasteiger partial charge in [0.2, 0.25) is 0 Å². The fraction of sp³-hybridized carbons (Fsp3) is 1.00. The van der Waals surface area contributed by atoms with Crippen LogP contribution in [-0.4, -0.2) is 17.4 Å². The van der Waals surface area contributed by atoms with Gasteiger partial charge >= 0.3 is 0 Å². The van der Waals surface area contributed by atoms with Gasteiger partial charge in [-0.1, -0.05) is 6.92 Å². The van der Waals surface area contributed by atoms with E-state index in [1.165, 1.54) is 0 Å². The lowest BCUT2D eigenvalue weighted by Crippen LogP contribution is -2.33. The molecule has 0 aliphatic heterocycles. The van der Waals surface area contributed by atoms with E-state index in [1.807, 2.05) is 6.92 Å². The molecule has 2 heteroatoms. The summed E-state index contributed by atoms with van der Waals surface area (Å²) in [5, 5.41) is 11.7. The van der Waals surface area contributed by atoms with Gasteiger partial charge in [0.05, 0.1) is 0 Å². The van der Waals surface area contributed by atoms with Crippen LogP contribution in [0.3, 0.4) is 0 Å². The zero-order valence-corrected chi connectivity index (χ0v) is 5.81. The number of aliphatic hydroxyl groups is 1. The van der Waals surface area contributed by atoms with Gasteiger partial charge in [0.25, 0.3) is 0 Å². The largest absolute Gasteiger partial charge is 0.379 e. The molecule has 0 aromatic heterocycles. The summed E-state index contributed by atoms with van der Waals surface area (Å²) < 4.78 is 0. The van der Waals surface area contributed by atoms with Crippen molar-refractivity contribution in [3.63, 3.8) is 0 Å². The Labute approximate surface area is 50.9 Å². The van der Waals surface area contributed by atoms with Crippen molar-refractivity contribution in [1.29, 1.82) is 0 Å². The van der Waals surface area contributed by atoms with Crippen molar-refractivity contribution in [2.45, 2.75) is 39.5 Å². The Kier molecular flexibility index (Phi) is 3.83. The molecule has 0 aliphatic rings. The van der Waals surface area contributed by atoms with E-state index in [0.29, 0.717) is 6.04 Å². The molecule has 0 rings (SSSR count). The van der Waals surface area contributed by atoms with Crippen LogP contribution in [0.4, 0.5) is 0 Å². The van der Waals surface area contributed by atoms with Crippen molar-refractivity contribution in [2.24, 2.45) is 0 Å². The van der Waals surface area contributed by atoms with E-state index in [2.05, 4.69) is 12.2 Å². The van der Waals surface area contributed by atoms with E-state index in [1.54, 1.807) is 6.92 Å². The van der Waals surface area contributed by atoms with E-state index in [4.69, 9.17) is 5.11 Å². The van der Waals surface area contributed by atoms with Crippen LogP contribution in [0.2, 0.25) is 0 Å². The highest BCUT2D eigenvalue weighted by atomic mass is 16.3. The zero-order valence-electron chi connectivity index (χ0n) is 5.81. The Morgan fingerprint density at radius 1 is 1.50 bits per heavy atom. The highest BCUT2D eigenvalue weighted by Crippen LogP contribution is 1.87. The second-order valence-electron chi connectivity index (χ2n) is 2.15. The van der Waals surface area contributed by atoms with Crippen LogP contribution in [0.1, 0.15) is 27.2 Å². The van der Waals surface area contributed by atoms with Crippen LogP contribution in [0.5, 0.6) is 0 Å². The van der Waals surface area contributed by atoms with E-state index in [0.717, 1.165) is 6.42 Å². The maximum atomic E-state index is 8.74. The van der Waals surface area contributed by atoms with Gasteiger partial charge in [-0.25, -0.2) is 0 Å². The van der Waals surface area contributed by atoms with Gasteiger partial charge in [-0.2, -0.15) is 0 Å². The third kappa shape index (κ3) is 4.09. The van der Waals surface area contributed by atoms with Crippen molar-refractivity contribution in [3.05, 3.63) is 0 Å². The molecule has 0 fully saturated rings. The molecule has 0 saturated heterocycles. The van der Waals surface area contributed by atoms with Gasteiger partial charge in [0.1, 0.15) is 6.23 Å². The van der Waals surface area contributed by atoms with Crippen molar-refractivity contribution < 1.29 is 5.11 Å². The first-order chi connectivity index (χ1) is 3.66. The lowest BCUT2D eigenvalue weighted by atomic mass is 10.2. The minimum Gasteiger partial charge on any atom is -0.379 e. The molecule has 2 nitrogen and oxygen atoms in total. The quantitative estimate of drug-likeness (QED) is 0.534. The monoisotopic (exact) mass is 117 g/mol. The Hall–Kier alpha value is -0.0800. The van der Waals surface area contributed by atoms with E-state index < -0.39 is 0 Å². The van der Waals surface area contributed by atoms with Crippen molar-refractivity contribution in [1.82, 2.24) is 5.32 Å². The predicted molar refractivity (Wildman–Crippen MR) is 34.6 cm³/mol. The molecule has 0 amide bonds. The zero-order chi connectivity index (χ0) is 6.57. The molecule has 1 unspecified atom stereocenters. The third-order valence-corrected chi connectivity index (χ3v) is 1.14. The fourth-order valence-corrected chi connectivity index (χ4v) is 0.530. The highest BCUT2D eigenvalue weighted by Gasteiger charge is 1.98. The normalized spacial score (nSPS) is 18.0. The number of rotatable bonds is 3. The van der Waals surface area contributed by atoms with Crippen LogP contribution in [-0.2, 0) is 0 Å². The molecule has 0 aliphatic carbocycles. The molecule has 0 heterocycles. The highest BCUT2D eigenvalue weighted by molar-refractivity contribution is 4.56. The van der Waals surface area contributed by atoms with Gasteiger partial charge in [-0.15, -0.1) is 0 Å². The standard InChI is InChI=1S/C6H15NO/c1-4-5(2)7-6(3)8/h5-8H,4H2,1-3H3/t5-,6?/m1/s1. The fourth-order valence-electron chi connectivity index (χ4n) is 0.530. The Morgan fingerprint density at radius 2 is 2.00 bits per heavy atom. The van der Waals surface area contributed by atoms with E-state index >= 15 is 0 Å². The van der Waals surface area contributed by atoms with Gasteiger partial charge in [-0.3, -0.25) is 5.32 Å². The number of aliphatic hydroxyl groups excluding tert-OH is 1. The topological polar surface area (TPSA) is 32.3 Å². The second-order valence-corrected chi connectivity index (χ2v) is 2.15. The molecular weight excluding hydrogens is 102 g/mol. The lowest BCUT2D eigenvalue weighted by molar-refractivity contribution is 0.142. The summed E-state index contributed by atoms with van der Waals surface area (Å²) in [6.07, 6.45) is 0.690. The Bertz CT molecular complexity index is 54.5. The summed E-state index contributed by atoms with van der Waals surface area (Å²) in [4.78, 5) is 0. The minimum absolute atomic E-state index is 0.370. The predicted octanol–water partition coefficient (Wildman–Crippen LogP) is 0.713. The molecule has 8 heavy (non-hydrogen) atoms.